The minimum absolute atomic E-state index is 0.0178. The normalized spacial score (nSPS) is 16.9. The van der Waals surface area contributed by atoms with Crippen LogP contribution in [-0.2, 0) is 16.0 Å². The highest BCUT2D eigenvalue weighted by Gasteiger charge is 2.25. The summed E-state index contributed by atoms with van der Waals surface area (Å²) >= 11 is 5.83. The average Bonchev–Trinajstić information content (AvgIpc) is 2.54. The lowest BCUT2D eigenvalue weighted by molar-refractivity contribution is -0.131. The Hall–Kier alpha value is -1.55. The van der Waals surface area contributed by atoms with Crippen molar-refractivity contribution >= 4 is 23.4 Å². The second kappa shape index (κ2) is 8.34. The summed E-state index contributed by atoms with van der Waals surface area (Å²) in [6, 6.07) is 8.44. The van der Waals surface area contributed by atoms with Crippen LogP contribution in [0, 0.1) is 6.92 Å². The number of piperidine rings is 1. The van der Waals surface area contributed by atoms with Gasteiger partial charge in [-0.3, -0.25) is 9.59 Å². The molecule has 0 aromatic heterocycles. The summed E-state index contributed by atoms with van der Waals surface area (Å²) in [7, 11) is 0. The molecule has 1 aromatic rings. The van der Waals surface area contributed by atoms with E-state index >= 15 is 0 Å². The molecule has 0 radical (unpaired) electrons. The zero-order chi connectivity index (χ0) is 16.8. The lowest BCUT2D eigenvalue weighted by Gasteiger charge is -2.33. The number of nitrogens with one attached hydrogen (secondary N) is 1. The summed E-state index contributed by atoms with van der Waals surface area (Å²) in [5.74, 6) is 0.0666. The summed E-state index contributed by atoms with van der Waals surface area (Å²) in [5.41, 5.74) is 2.41. The van der Waals surface area contributed by atoms with Crippen molar-refractivity contribution in [3.8, 4) is 0 Å². The molecule has 1 aromatic carbocycles. The topological polar surface area (TPSA) is 49.4 Å². The predicted molar refractivity (Wildman–Crippen MR) is 92.6 cm³/mol. The Labute approximate surface area is 143 Å². The number of aryl methyl sites for hydroxylation is 2. The molecule has 126 valence electrons. The first-order valence-corrected chi connectivity index (χ1v) is 8.67. The number of likely N-dealkylation sites (tertiary alicyclic amines) is 1. The molecule has 23 heavy (non-hydrogen) atoms. The fourth-order valence-corrected chi connectivity index (χ4v) is 2.95. The van der Waals surface area contributed by atoms with Crippen molar-refractivity contribution in [3.05, 3.63) is 35.4 Å². The number of halogens is 1. The minimum atomic E-state index is -0.476. The van der Waals surface area contributed by atoms with E-state index in [1.165, 1.54) is 11.1 Å². The van der Waals surface area contributed by atoms with Crippen LogP contribution in [0.4, 0.5) is 0 Å². The molecule has 1 saturated heterocycles. The van der Waals surface area contributed by atoms with Crippen molar-refractivity contribution in [2.45, 2.75) is 50.9 Å². The monoisotopic (exact) mass is 336 g/mol. The summed E-state index contributed by atoms with van der Waals surface area (Å²) in [4.78, 5) is 25.7. The second-order valence-electron chi connectivity index (χ2n) is 6.27. The third-order valence-electron chi connectivity index (χ3n) is 4.27. The largest absolute Gasteiger partial charge is 0.353 e. The number of benzene rings is 1. The van der Waals surface area contributed by atoms with Gasteiger partial charge in [-0.05, 0) is 38.7 Å². The molecular weight excluding hydrogens is 312 g/mol. The molecule has 0 saturated carbocycles. The highest BCUT2D eigenvalue weighted by Crippen LogP contribution is 2.13. The SMILES string of the molecule is Cc1ccc(CCC(=O)NC2CCN(C(=O)C(C)Cl)CC2)cc1. The Balaban J connectivity index is 1.70. The van der Waals surface area contributed by atoms with Gasteiger partial charge < -0.3 is 10.2 Å². The van der Waals surface area contributed by atoms with Gasteiger partial charge >= 0.3 is 0 Å². The molecule has 1 aliphatic heterocycles. The van der Waals surface area contributed by atoms with Gasteiger partial charge in [-0.2, -0.15) is 0 Å². The number of hydrogen-bond donors (Lipinski definition) is 1. The van der Waals surface area contributed by atoms with Crippen LogP contribution in [0.5, 0.6) is 0 Å². The molecule has 1 unspecified atom stereocenters. The number of amides is 2. The Morgan fingerprint density at radius 1 is 1.26 bits per heavy atom. The molecule has 4 nitrogen and oxygen atoms in total. The van der Waals surface area contributed by atoms with E-state index < -0.39 is 5.38 Å². The summed E-state index contributed by atoms with van der Waals surface area (Å²) in [5, 5.41) is 2.60. The molecule has 1 atom stereocenters. The number of nitrogens with zero attached hydrogens (tertiary/aromatic N) is 1. The van der Waals surface area contributed by atoms with Gasteiger partial charge in [0, 0.05) is 25.6 Å². The Morgan fingerprint density at radius 3 is 2.43 bits per heavy atom. The van der Waals surface area contributed by atoms with E-state index in [1.807, 2.05) is 0 Å². The van der Waals surface area contributed by atoms with Crippen molar-refractivity contribution < 1.29 is 9.59 Å². The summed E-state index contributed by atoms with van der Waals surface area (Å²) in [6.07, 6.45) is 2.85. The fourth-order valence-electron chi connectivity index (χ4n) is 2.81. The third-order valence-corrected chi connectivity index (χ3v) is 4.46. The molecular formula is C18H25ClN2O2. The van der Waals surface area contributed by atoms with Crippen LogP contribution in [0.3, 0.4) is 0 Å². The quantitative estimate of drug-likeness (QED) is 0.840. The number of rotatable bonds is 5. The Bertz CT molecular complexity index is 534. The van der Waals surface area contributed by atoms with E-state index in [4.69, 9.17) is 11.6 Å². The molecule has 1 aliphatic rings. The van der Waals surface area contributed by atoms with Crippen LogP contribution >= 0.6 is 11.6 Å². The smallest absolute Gasteiger partial charge is 0.240 e. The summed E-state index contributed by atoms with van der Waals surface area (Å²) in [6.45, 7) is 5.08. The van der Waals surface area contributed by atoms with Crippen molar-refractivity contribution in [3.63, 3.8) is 0 Å². The molecule has 1 fully saturated rings. The molecule has 0 aliphatic carbocycles. The maximum absolute atomic E-state index is 12.1. The first kappa shape index (κ1) is 17.8. The van der Waals surface area contributed by atoms with Crippen molar-refractivity contribution in [1.29, 1.82) is 0 Å². The highest BCUT2D eigenvalue weighted by atomic mass is 35.5. The van der Waals surface area contributed by atoms with Gasteiger partial charge in [-0.25, -0.2) is 0 Å². The van der Waals surface area contributed by atoms with Gasteiger partial charge in [0.1, 0.15) is 5.38 Å². The Morgan fingerprint density at radius 2 is 1.87 bits per heavy atom. The zero-order valence-corrected chi connectivity index (χ0v) is 14.6. The first-order valence-electron chi connectivity index (χ1n) is 8.23. The van der Waals surface area contributed by atoms with E-state index in [9.17, 15) is 9.59 Å². The number of carbonyl (C=O) groups is 2. The van der Waals surface area contributed by atoms with E-state index in [-0.39, 0.29) is 17.9 Å². The van der Waals surface area contributed by atoms with Crippen LogP contribution in [-0.4, -0.2) is 41.2 Å². The van der Waals surface area contributed by atoms with Gasteiger partial charge in [0.25, 0.3) is 0 Å². The molecule has 2 amide bonds. The van der Waals surface area contributed by atoms with Gasteiger partial charge in [0.05, 0.1) is 0 Å². The van der Waals surface area contributed by atoms with E-state index in [1.54, 1.807) is 11.8 Å². The van der Waals surface area contributed by atoms with Crippen LogP contribution < -0.4 is 5.32 Å². The van der Waals surface area contributed by atoms with Gasteiger partial charge in [-0.1, -0.05) is 29.8 Å². The van der Waals surface area contributed by atoms with Gasteiger partial charge in [0.2, 0.25) is 11.8 Å². The molecule has 1 heterocycles. The van der Waals surface area contributed by atoms with Gasteiger partial charge in [0.15, 0.2) is 0 Å². The lowest BCUT2D eigenvalue weighted by Crippen LogP contribution is -2.48. The van der Waals surface area contributed by atoms with E-state index in [0.29, 0.717) is 19.5 Å². The van der Waals surface area contributed by atoms with Crippen LogP contribution in [0.2, 0.25) is 0 Å². The molecule has 1 N–H and O–H groups in total. The first-order chi connectivity index (χ1) is 11.0. The van der Waals surface area contributed by atoms with E-state index in [0.717, 1.165) is 19.3 Å². The zero-order valence-electron chi connectivity index (χ0n) is 13.8. The molecule has 0 spiro atoms. The molecule has 0 bridgehead atoms. The standard InChI is InChI=1S/C18H25ClN2O2/c1-13-3-5-15(6-4-13)7-8-17(22)20-16-9-11-21(12-10-16)18(23)14(2)19/h3-6,14,16H,7-12H2,1-2H3,(H,20,22). The Kier molecular flexibility index (Phi) is 6.46. The minimum Gasteiger partial charge on any atom is -0.353 e. The number of carbonyl (C=O) groups excluding carboxylic acids is 2. The fraction of sp³-hybridized carbons (Fsp3) is 0.556. The van der Waals surface area contributed by atoms with Crippen LogP contribution in [0.25, 0.3) is 0 Å². The van der Waals surface area contributed by atoms with Crippen molar-refractivity contribution in [2.24, 2.45) is 0 Å². The van der Waals surface area contributed by atoms with Gasteiger partial charge in [-0.15, -0.1) is 11.6 Å². The molecule has 2 rings (SSSR count). The number of hydrogen-bond acceptors (Lipinski definition) is 2. The van der Waals surface area contributed by atoms with Crippen molar-refractivity contribution in [1.82, 2.24) is 10.2 Å². The van der Waals surface area contributed by atoms with Crippen molar-refractivity contribution in [2.75, 3.05) is 13.1 Å². The maximum Gasteiger partial charge on any atom is 0.240 e. The maximum atomic E-state index is 12.1. The highest BCUT2D eigenvalue weighted by molar-refractivity contribution is 6.30. The van der Waals surface area contributed by atoms with Crippen LogP contribution in [0.15, 0.2) is 24.3 Å². The summed E-state index contributed by atoms with van der Waals surface area (Å²) < 4.78 is 0. The average molecular weight is 337 g/mol. The predicted octanol–water partition coefficient (Wildman–Crippen LogP) is 2.66. The van der Waals surface area contributed by atoms with Crippen LogP contribution in [0.1, 0.15) is 37.3 Å². The third kappa shape index (κ3) is 5.54. The second-order valence-corrected chi connectivity index (χ2v) is 6.92. The number of alkyl halides is 1. The molecule has 5 heteroatoms. The van der Waals surface area contributed by atoms with E-state index in [2.05, 4.69) is 36.5 Å². The lowest BCUT2D eigenvalue weighted by atomic mass is 10.0.